The Hall–Kier alpha value is -1.62. The largest absolute Gasteiger partial charge is 0.370 e. The third kappa shape index (κ3) is 3.17. The molecule has 2 aromatic rings. The number of nitrogens with one attached hydrogen (secondary N) is 1. The first-order valence-corrected chi connectivity index (χ1v) is 6.52. The fraction of sp³-hybridized carbons (Fsp3) is 0.333. The van der Waals surface area contributed by atoms with Crippen LogP contribution in [0.1, 0.15) is 12.5 Å². The van der Waals surface area contributed by atoms with Crippen LogP contribution >= 0.6 is 11.3 Å². The summed E-state index contributed by atoms with van der Waals surface area (Å²) in [6.45, 7) is 3.79. The summed E-state index contributed by atoms with van der Waals surface area (Å²) < 4.78 is 0. The molecule has 1 N–H and O–H groups in total. The van der Waals surface area contributed by atoms with E-state index in [-0.39, 0.29) is 0 Å². The standard InChI is InChI=1S/C12H16N4S/c1-3-13-11-6-12(15-9-14-11)16(2)7-10-4-5-17-8-10/h4-6,8-9H,3,7H2,1-2H3,(H,13,14,15). The second kappa shape index (κ2) is 5.63. The molecule has 0 aliphatic rings. The maximum absolute atomic E-state index is 4.28. The lowest BCUT2D eigenvalue weighted by Crippen LogP contribution is -2.17. The third-order valence-electron chi connectivity index (χ3n) is 2.40. The van der Waals surface area contributed by atoms with Gasteiger partial charge >= 0.3 is 0 Å². The van der Waals surface area contributed by atoms with Gasteiger partial charge < -0.3 is 10.2 Å². The zero-order chi connectivity index (χ0) is 12.1. The van der Waals surface area contributed by atoms with Gasteiger partial charge in [0.15, 0.2) is 0 Å². The average Bonchev–Trinajstić information content (AvgIpc) is 2.83. The third-order valence-corrected chi connectivity index (χ3v) is 3.13. The highest BCUT2D eigenvalue weighted by atomic mass is 32.1. The van der Waals surface area contributed by atoms with Gasteiger partial charge in [0.25, 0.3) is 0 Å². The second-order valence-corrected chi connectivity index (χ2v) is 4.56. The van der Waals surface area contributed by atoms with Crippen molar-refractivity contribution in [2.45, 2.75) is 13.5 Å². The Bertz CT molecular complexity index is 455. The molecule has 0 aromatic carbocycles. The number of nitrogens with zero attached hydrogens (tertiary/aromatic N) is 3. The number of hydrogen-bond donors (Lipinski definition) is 1. The summed E-state index contributed by atoms with van der Waals surface area (Å²) in [5, 5.41) is 7.43. The lowest BCUT2D eigenvalue weighted by Gasteiger charge is -2.17. The molecule has 17 heavy (non-hydrogen) atoms. The van der Waals surface area contributed by atoms with Gasteiger partial charge in [-0.1, -0.05) is 0 Å². The fourth-order valence-corrected chi connectivity index (χ4v) is 2.23. The van der Waals surface area contributed by atoms with Crippen molar-refractivity contribution in [2.24, 2.45) is 0 Å². The van der Waals surface area contributed by atoms with Crippen LogP contribution in [0.3, 0.4) is 0 Å². The number of anilines is 2. The summed E-state index contributed by atoms with van der Waals surface area (Å²) in [5.74, 6) is 1.80. The molecule has 90 valence electrons. The van der Waals surface area contributed by atoms with Crippen LogP contribution in [0.4, 0.5) is 11.6 Å². The molecule has 0 saturated heterocycles. The minimum absolute atomic E-state index is 0.866. The predicted octanol–water partition coefficient (Wildman–Crippen LogP) is 2.61. The van der Waals surface area contributed by atoms with Gasteiger partial charge in [-0.05, 0) is 29.3 Å². The van der Waals surface area contributed by atoms with E-state index in [0.29, 0.717) is 0 Å². The van der Waals surface area contributed by atoms with Crippen LogP contribution in [-0.4, -0.2) is 23.6 Å². The number of rotatable bonds is 5. The van der Waals surface area contributed by atoms with Crippen molar-refractivity contribution in [1.82, 2.24) is 9.97 Å². The van der Waals surface area contributed by atoms with Gasteiger partial charge in [0.1, 0.15) is 18.0 Å². The topological polar surface area (TPSA) is 41.0 Å². The van der Waals surface area contributed by atoms with Crippen molar-refractivity contribution in [3.63, 3.8) is 0 Å². The normalized spacial score (nSPS) is 10.2. The predicted molar refractivity (Wildman–Crippen MR) is 72.6 cm³/mol. The molecule has 0 fully saturated rings. The van der Waals surface area contributed by atoms with Gasteiger partial charge in [0.05, 0.1) is 0 Å². The van der Waals surface area contributed by atoms with Gasteiger partial charge in [-0.2, -0.15) is 11.3 Å². The number of aromatic nitrogens is 2. The summed E-state index contributed by atoms with van der Waals surface area (Å²) in [4.78, 5) is 10.6. The highest BCUT2D eigenvalue weighted by Crippen LogP contribution is 2.16. The quantitative estimate of drug-likeness (QED) is 0.883. The molecule has 0 unspecified atom stereocenters. The first-order chi connectivity index (χ1) is 8.29. The maximum atomic E-state index is 4.28. The molecule has 0 bridgehead atoms. The Morgan fingerprint density at radius 1 is 1.41 bits per heavy atom. The van der Waals surface area contributed by atoms with Crippen LogP contribution < -0.4 is 10.2 Å². The van der Waals surface area contributed by atoms with Crippen LogP contribution in [-0.2, 0) is 6.54 Å². The molecule has 0 spiro atoms. The van der Waals surface area contributed by atoms with E-state index in [2.05, 4.69) is 43.9 Å². The molecule has 0 saturated carbocycles. The zero-order valence-corrected chi connectivity index (χ0v) is 10.9. The highest BCUT2D eigenvalue weighted by molar-refractivity contribution is 7.07. The first kappa shape index (κ1) is 11.9. The van der Waals surface area contributed by atoms with Crippen molar-refractivity contribution in [3.05, 3.63) is 34.8 Å². The fourth-order valence-electron chi connectivity index (χ4n) is 1.57. The van der Waals surface area contributed by atoms with Crippen LogP contribution in [0.5, 0.6) is 0 Å². The summed E-state index contributed by atoms with van der Waals surface area (Å²) in [5.41, 5.74) is 1.31. The van der Waals surface area contributed by atoms with Crippen LogP contribution in [0.25, 0.3) is 0 Å². The van der Waals surface area contributed by atoms with E-state index < -0.39 is 0 Å². The molecule has 0 aliphatic heterocycles. The van der Waals surface area contributed by atoms with Crippen molar-refractivity contribution >= 4 is 23.0 Å². The van der Waals surface area contributed by atoms with Gasteiger partial charge in [-0.3, -0.25) is 0 Å². The minimum atomic E-state index is 0.866. The van der Waals surface area contributed by atoms with Crippen molar-refractivity contribution in [3.8, 4) is 0 Å². The van der Waals surface area contributed by atoms with E-state index in [1.54, 1.807) is 17.7 Å². The van der Waals surface area contributed by atoms with E-state index >= 15 is 0 Å². The second-order valence-electron chi connectivity index (χ2n) is 3.78. The number of hydrogen-bond acceptors (Lipinski definition) is 5. The van der Waals surface area contributed by atoms with Gasteiger partial charge in [-0.15, -0.1) is 0 Å². The zero-order valence-electron chi connectivity index (χ0n) is 10.1. The Morgan fingerprint density at radius 2 is 2.29 bits per heavy atom. The Morgan fingerprint density at radius 3 is 3.00 bits per heavy atom. The highest BCUT2D eigenvalue weighted by Gasteiger charge is 2.05. The van der Waals surface area contributed by atoms with E-state index in [1.165, 1.54) is 5.56 Å². The van der Waals surface area contributed by atoms with E-state index in [4.69, 9.17) is 0 Å². The molecule has 5 heteroatoms. The Kier molecular flexibility index (Phi) is 3.93. The van der Waals surface area contributed by atoms with Gasteiger partial charge in [0.2, 0.25) is 0 Å². The summed E-state index contributed by atoms with van der Waals surface area (Å²) in [7, 11) is 2.04. The van der Waals surface area contributed by atoms with E-state index in [9.17, 15) is 0 Å². The number of thiophene rings is 1. The SMILES string of the molecule is CCNc1cc(N(C)Cc2ccsc2)ncn1. The molecular formula is C12H16N4S. The van der Waals surface area contributed by atoms with Crippen molar-refractivity contribution in [1.29, 1.82) is 0 Å². The average molecular weight is 248 g/mol. The smallest absolute Gasteiger partial charge is 0.134 e. The summed E-state index contributed by atoms with van der Waals surface area (Å²) in [6, 6.07) is 4.10. The molecule has 0 radical (unpaired) electrons. The Labute approximate surface area is 105 Å². The maximum Gasteiger partial charge on any atom is 0.134 e. The molecule has 2 rings (SSSR count). The van der Waals surface area contributed by atoms with Crippen LogP contribution in [0, 0.1) is 0 Å². The lowest BCUT2D eigenvalue weighted by atomic mass is 10.3. The Balaban J connectivity index is 2.07. The molecular weight excluding hydrogens is 232 g/mol. The molecule has 4 nitrogen and oxygen atoms in total. The minimum Gasteiger partial charge on any atom is -0.370 e. The summed E-state index contributed by atoms with van der Waals surface area (Å²) >= 11 is 1.72. The van der Waals surface area contributed by atoms with E-state index in [0.717, 1.165) is 24.7 Å². The monoisotopic (exact) mass is 248 g/mol. The lowest BCUT2D eigenvalue weighted by molar-refractivity contribution is 0.894. The van der Waals surface area contributed by atoms with Gasteiger partial charge in [-0.25, -0.2) is 9.97 Å². The molecule has 0 aliphatic carbocycles. The summed E-state index contributed by atoms with van der Waals surface area (Å²) in [6.07, 6.45) is 1.59. The van der Waals surface area contributed by atoms with Crippen LogP contribution in [0.2, 0.25) is 0 Å². The molecule has 0 atom stereocenters. The van der Waals surface area contributed by atoms with E-state index in [1.807, 2.05) is 13.1 Å². The van der Waals surface area contributed by atoms with Crippen LogP contribution in [0.15, 0.2) is 29.2 Å². The van der Waals surface area contributed by atoms with Crippen molar-refractivity contribution < 1.29 is 0 Å². The molecule has 0 amide bonds. The molecule has 2 aromatic heterocycles. The molecule has 2 heterocycles. The van der Waals surface area contributed by atoms with Gasteiger partial charge in [0, 0.05) is 26.2 Å². The first-order valence-electron chi connectivity index (χ1n) is 5.57. The van der Waals surface area contributed by atoms with Crippen molar-refractivity contribution in [2.75, 3.05) is 23.8 Å².